The van der Waals surface area contributed by atoms with Crippen molar-refractivity contribution in [2.24, 2.45) is 0 Å². The molecular weight excluding hydrogens is 310 g/mol. The number of hydrogen-bond acceptors (Lipinski definition) is 7. The van der Waals surface area contributed by atoms with Gasteiger partial charge in [-0.2, -0.15) is 0 Å². The van der Waals surface area contributed by atoms with Crippen molar-refractivity contribution in [3.05, 3.63) is 62.2 Å². The van der Waals surface area contributed by atoms with Gasteiger partial charge in [0.25, 0.3) is 5.91 Å². The molecule has 0 heterocycles. The average Bonchev–Trinajstić information content (AvgIpc) is 2.45. The molecule has 0 unspecified atom stereocenters. The lowest BCUT2D eigenvalue weighted by atomic mass is 10.1. The number of hydrogen-bond donors (Lipinski definition) is 3. The van der Waals surface area contributed by atoms with Gasteiger partial charge in [-0.3, -0.25) is 25.0 Å². The fourth-order valence-electron chi connectivity index (χ4n) is 1.83. The van der Waals surface area contributed by atoms with Gasteiger partial charge < -0.3 is 15.5 Å². The van der Waals surface area contributed by atoms with E-state index in [0.29, 0.717) is 0 Å². The summed E-state index contributed by atoms with van der Waals surface area (Å²) < 4.78 is 0. The number of phenolic OH excluding ortho intramolecular Hbond substituents is 2. The lowest BCUT2D eigenvalue weighted by Gasteiger charge is -2.06. The molecule has 2 aromatic rings. The second kappa shape index (κ2) is 5.97. The van der Waals surface area contributed by atoms with Crippen LogP contribution in [0.15, 0.2) is 36.4 Å². The molecule has 0 aliphatic rings. The van der Waals surface area contributed by atoms with E-state index in [1.807, 2.05) is 0 Å². The minimum Gasteiger partial charge on any atom is -0.508 e. The molecule has 10 heteroatoms. The van der Waals surface area contributed by atoms with Gasteiger partial charge in [-0.05, 0) is 18.2 Å². The van der Waals surface area contributed by atoms with Gasteiger partial charge in [-0.1, -0.05) is 0 Å². The number of nitro groups is 2. The van der Waals surface area contributed by atoms with E-state index in [1.54, 1.807) is 0 Å². The first-order valence-corrected chi connectivity index (χ1v) is 6.05. The fraction of sp³-hybridized carbons (Fsp3) is 0. The van der Waals surface area contributed by atoms with E-state index in [0.717, 1.165) is 36.4 Å². The fourth-order valence-corrected chi connectivity index (χ4v) is 1.83. The molecule has 23 heavy (non-hydrogen) atoms. The molecule has 0 radical (unpaired) electrons. The highest BCUT2D eigenvalue weighted by Gasteiger charge is 2.24. The Labute approximate surface area is 127 Å². The topological polar surface area (TPSA) is 156 Å². The SMILES string of the molecule is O=C(Nc1ccc([N+](=O)[O-])c([N+](=O)[O-])c1)c1cc(O)cc(O)c1. The van der Waals surface area contributed by atoms with Crippen molar-refractivity contribution in [1.82, 2.24) is 0 Å². The first-order chi connectivity index (χ1) is 10.8. The summed E-state index contributed by atoms with van der Waals surface area (Å²) in [6.45, 7) is 0. The maximum atomic E-state index is 12.0. The number of carbonyl (C=O) groups is 1. The lowest BCUT2D eigenvalue weighted by molar-refractivity contribution is -0.422. The Kier molecular flexibility index (Phi) is 4.07. The minimum atomic E-state index is -0.937. The molecule has 118 valence electrons. The van der Waals surface area contributed by atoms with Gasteiger partial charge in [0.05, 0.1) is 9.85 Å². The van der Waals surface area contributed by atoms with Crippen LogP contribution >= 0.6 is 0 Å². The Hall–Kier alpha value is -3.69. The van der Waals surface area contributed by atoms with Crippen LogP contribution in [0.3, 0.4) is 0 Å². The molecule has 10 nitrogen and oxygen atoms in total. The average molecular weight is 319 g/mol. The van der Waals surface area contributed by atoms with E-state index in [1.165, 1.54) is 0 Å². The van der Waals surface area contributed by atoms with Crippen molar-refractivity contribution in [2.45, 2.75) is 0 Å². The predicted octanol–water partition coefficient (Wildman–Crippen LogP) is 2.17. The van der Waals surface area contributed by atoms with Crippen molar-refractivity contribution in [3.63, 3.8) is 0 Å². The van der Waals surface area contributed by atoms with Crippen LogP contribution in [0.25, 0.3) is 0 Å². The summed E-state index contributed by atoms with van der Waals surface area (Å²) in [6, 6.07) is 6.05. The van der Waals surface area contributed by atoms with E-state index < -0.39 is 27.1 Å². The molecule has 0 aliphatic carbocycles. The van der Waals surface area contributed by atoms with Crippen LogP contribution in [0.1, 0.15) is 10.4 Å². The first kappa shape index (κ1) is 15.7. The van der Waals surface area contributed by atoms with Gasteiger partial charge in [-0.15, -0.1) is 0 Å². The molecule has 0 fully saturated rings. The third-order valence-electron chi connectivity index (χ3n) is 2.79. The highest BCUT2D eigenvalue weighted by atomic mass is 16.6. The molecule has 1 amide bonds. The number of benzene rings is 2. The van der Waals surface area contributed by atoms with Gasteiger partial charge in [0, 0.05) is 29.4 Å². The molecule has 2 aromatic carbocycles. The van der Waals surface area contributed by atoms with E-state index in [2.05, 4.69) is 5.32 Å². The molecule has 3 N–H and O–H groups in total. The highest BCUT2D eigenvalue weighted by Crippen LogP contribution is 2.30. The predicted molar refractivity (Wildman–Crippen MR) is 77.5 cm³/mol. The Bertz CT molecular complexity index is 799. The summed E-state index contributed by atoms with van der Waals surface area (Å²) in [5, 5.41) is 42.5. The zero-order valence-electron chi connectivity index (χ0n) is 11.3. The van der Waals surface area contributed by atoms with Gasteiger partial charge in [0.2, 0.25) is 0 Å². The summed E-state index contributed by atoms with van der Waals surface area (Å²) in [7, 11) is 0. The highest BCUT2D eigenvalue weighted by molar-refractivity contribution is 6.05. The van der Waals surface area contributed by atoms with E-state index in [4.69, 9.17) is 0 Å². The number of aromatic hydroxyl groups is 2. The number of anilines is 1. The van der Waals surface area contributed by atoms with E-state index >= 15 is 0 Å². The molecule has 0 saturated heterocycles. The maximum absolute atomic E-state index is 12.0. The number of carbonyl (C=O) groups excluding carboxylic acids is 1. The summed E-state index contributed by atoms with van der Waals surface area (Å²) in [5.74, 6) is -1.45. The van der Waals surface area contributed by atoms with Crippen LogP contribution in [-0.4, -0.2) is 26.0 Å². The lowest BCUT2D eigenvalue weighted by Crippen LogP contribution is -2.12. The smallest absolute Gasteiger partial charge is 0.348 e. The number of nitrogens with one attached hydrogen (secondary N) is 1. The molecule has 0 bridgehead atoms. The maximum Gasteiger partial charge on any atom is 0.348 e. The number of phenols is 2. The summed E-state index contributed by atoms with van der Waals surface area (Å²) >= 11 is 0. The van der Waals surface area contributed by atoms with Crippen LogP contribution in [0.5, 0.6) is 11.5 Å². The standard InChI is InChI=1S/C13H9N3O7/c17-9-3-7(4-10(18)6-9)13(19)14-8-1-2-11(15(20)21)12(5-8)16(22)23/h1-6,17-18H,(H,14,19). The minimum absolute atomic E-state index is 0.0462. The van der Waals surface area contributed by atoms with Crippen LogP contribution in [0.4, 0.5) is 17.1 Å². The Morgan fingerprint density at radius 1 is 0.913 bits per heavy atom. The van der Waals surface area contributed by atoms with Crippen LogP contribution in [0, 0.1) is 20.2 Å². The van der Waals surface area contributed by atoms with Gasteiger partial charge in [-0.25, -0.2) is 0 Å². The number of rotatable bonds is 4. The number of nitrogens with zero attached hydrogens (tertiary/aromatic N) is 2. The zero-order valence-corrected chi connectivity index (χ0v) is 11.3. The normalized spacial score (nSPS) is 10.1. The molecule has 0 aromatic heterocycles. The van der Waals surface area contributed by atoms with Crippen LogP contribution in [-0.2, 0) is 0 Å². The molecule has 2 rings (SSSR count). The van der Waals surface area contributed by atoms with Crippen LogP contribution < -0.4 is 5.32 Å². The number of nitro benzene ring substituents is 2. The van der Waals surface area contributed by atoms with Gasteiger partial charge >= 0.3 is 11.4 Å². The molecule has 0 aliphatic heterocycles. The molecule has 0 saturated carbocycles. The third-order valence-corrected chi connectivity index (χ3v) is 2.79. The first-order valence-electron chi connectivity index (χ1n) is 6.05. The quantitative estimate of drug-likeness (QED) is 0.575. The monoisotopic (exact) mass is 319 g/mol. The second-order valence-electron chi connectivity index (χ2n) is 4.41. The zero-order chi connectivity index (χ0) is 17.1. The molecule has 0 spiro atoms. The Morgan fingerprint density at radius 2 is 1.48 bits per heavy atom. The van der Waals surface area contributed by atoms with Gasteiger partial charge in [0.1, 0.15) is 11.5 Å². The largest absolute Gasteiger partial charge is 0.508 e. The van der Waals surface area contributed by atoms with Crippen molar-refractivity contribution >= 4 is 23.0 Å². The third kappa shape index (κ3) is 3.50. The van der Waals surface area contributed by atoms with E-state index in [9.17, 15) is 35.2 Å². The van der Waals surface area contributed by atoms with Crippen molar-refractivity contribution in [3.8, 4) is 11.5 Å². The summed E-state index contributed by atoms with van der Waals surface area (Å²) in [5.41, 5.74) is -1.62. The number of amides is 1. The summed E-state index contributed by atoms with van der Waals surface area (Å²) in [6.07, 6.45) is 0. The molecular formula is C13H9N3O7. The van der Waals surface area contributed by atoms with Crippen LogP contribution in [0.2, 0.25) is 0 Å². The van der Waals surface area contributed by atoms with E-state index in [-0.39, 0.29) is 22.7 Å². The molecule has 0 atom stereocenters. The summed E-state index contributed by atoms with van der Waals surface area (Å²) in [4.78, 5) is 31.7. The second-order valence-corrected chi connectivity index (χ2v) is 4.41. The Morgan fingerprint density at radius 3 is 2.00 bits per heavy atom. The van der Waals surface area contributed by atoms with Crippen molar-refractivity contribution in [2.75, 3.05) is 5.32 Å². The Balaban J connectivity index is 2.33. The van der Waals surface area contributed by atoms with Crippen molar-refractivity contribution in [1.29, 1.82) is 0 Å². The van der Waals surface area contributed by atoms with Gasteiger partial charge in [0.15, 0.2) is 0 Å². The van der Waals surface area contributed by atoms with Crippen molar-refractivity contribution < 1.29 is 24.9 Å².